The quantitative estimate of drug-likeness (QED) is 0.812. The zero-order chi connectivity index (χ0) is 14.7. The van der Waals surface area contributed by atoms with Crippen molar-refractivity contribution in [3.63, 3.8) is 0 Å². The van der Waals surface area contributed by atoms with Crippen molar-refractivity contribution in [3.05, 3.63) is 29.8 Å². The molecule has 1 aliphatic carbocycles. The van der Waals surface area contributed by atoms with E-state index in [-0.39, 0.29) is 0 Å². The van der Waals surface area contributed by atoms with E-state index in [1.54, 1.807) is 0 Å². The molecule has 1 aliphatic heterocycles. The summed E-state index contributed by atoms with van der Waals surface area (Å²) in [5, 5.41) is 0. The fourth-order valence-corrected chi connectivity index (χ4v) is 4.36. The Morgan fingerprint density at radius 2 is 1.81 bits per heavy atom. The van der Waals surface area contributed by atoms with E-state index in [1.165, 1.54) is 63.6 Å². The van der Waals surface area contributed by atoms with E-state index < -0.39 is 0 Å². The Kier molecular flexibility index (Phi) is 4.84. The largest absolute Gasteiger partial charge is 0.399 e. The molecule has 0 spiro atoms. The molecule has 0 radical (unpaired) electrons. The highest BCUT2D eigenvalue weighted by atomic mass is 15.2. The minimum Gasteiger partial charge on any atom is -0.399 e. The average molecular weight is 286 g/mol. The Morgan fingerprint density at radius 3 is 2.52 bits per heavy atom. The molecule has 2 N–H and O–H groups in total. The van der Waals surface area contributed by atoms with Gasteiger partial charge < -0.3 is 10.6 Å². The summed E-state index contributed by atoms with van der Waals surface area (Å²) in [6, 6.07) is 9.34. The molecule has 116 valence electrons. The summed E-state index contributed by atoms with van der Waals surface area (Å²) >= 11 is 0. The van der Waals surface area contributed by atoms with Crippen molar-refractivity contribution < 1.29 is 0 Å². The van der Waals surface area contributed by atoms with E-state index in [1.807, 2.05) is 12.1 Å². The molecular weight excluding hydrogens is 256 g/mol. The van der Waals surface area contributed by atoms with Gasteiger partial charge in [-0.15, -0.1) is 0 Å². The van der Waals surface area contributed by atoms with Gasteiger partial charge in [-0.3, -0.25) is 0 Å². The smallest absolute Gasteiger partial charge is 0.0314 e. The maximum Gasteiger partial charge on any atom is 0.0314 e. The van der Waals surface area contributed by atoms with Crippen molar-refractivity contribution in [2.24, 2.45) is 5.92 Å². The highest BCUT2D eigenvalue weighted by molar-refractivity contribution is 5.40. The predicted octanol–water partition coefficient (Wildman–Crippen LogP) is 4.42. The molecule has 2 aliphatic rings. The molecule has 2 atom stereocenters. The van der Waals surface area contributed by atoms with E-state index in [4.69, 9.17) is 5.73 Å². The zero-order valence-corrected chi connectivity index (χ0v) is 13.4. The van der Waals surface area contributed by atoms with Gasteiger partial charge in [0.15, 0.2) is 0 Å². The molecule has 1 aromatic rings. The average Bonchev–Trinajstić information content (AvgIpc) is 3.16. The van der Waals surface area contributed by atoms with Crippen molar-refractivity contribution in [1.29, 1.82) is 0 Å². The van der Waals surface area contributed by atoms with E-state index in [0.29, 0.717) is 5.92 Å². The lowest BCUT2D eigenvalue weighted by Gasteiger charge is -2.30. The SMILES string of the molecule is CC(CCN1CCCC1C1CCCC1)c1ccc(N)cc1. The summed E-state index contributed by atoms with van der Waals surface area (Å²) in [6.07, 6.45) is 10.0. The Labute approximate surface area is 129 Å². The summed E-state index contributed by atoms with van der Waals surface area (Å²) < 4.78 is 0. The molecule has 3 rings (SSSR count). The van der Waals surface area contributed by atoms with Crippen LogP contribution in [0.5, 0.6) is 0 Å². The number of nitrogens with two attached hydrogens (primary N) is 1. The fourth-order valence-electron chi connectivity index (χ4n) is 4.36. The second-order valence-corrected chi connectivity index (χ2v) is 7.15. The zero-order valence-electron chi connectivity index (χ0n) is 13.4. The number of anilines is 1. The van der Waals surface area contributed by atoms with Crippen LogP contribution in [0.15, 0.2) is 24.3 Å². The molecule has 2 heteroatoms. The summed E-state index contributed by atoms with van der Waals surface area (Å²) in [5.74, 6) is 1.63. The number of likely N-dealkylation sites (tertiary alicyclic amines) is 1. The summed E-state index contributed by atoms with van der Waals surface area (Å²) in [5.41, 5.74) is 8.08. The third-order valence-electron chi connectivity index (χ3n) is 5.71. The van der Waals surface area contributed by atoms with Crippen LogP contribution in [0, 0.1) is 5.92 Å². The molecule has 0 bridgehead atoms. The van der Waals surface area contributed by atoms with Crippen LogP contribution < -0.4 is 5.73 Å². The number of nitrogen functional groups attached to an aromatic ring is 1. The highest BCUT2D eigenvalue weighted by Gasteiger charge is 2.32. The summed E-state index contributed by atoms with van der Waals surface area (Å²) in [4.78, 5) is 2.80. The summed E-state index contributed by atoms with van der Waals surface area (Å²) in [6.45, 7) is 4.95. The van der Waals surface area contributed by atoms with Crippen LogP contribution >= 0.6 is 0 Å². The first-order valence-electron chi connectivity index (χ1n) is 8.83. The minimum absolute atomic E-state index is 0.635. The molecule has 2 nitrogen and oxygen atoms in total. The minimum atomic E-state index is 0.635. The molecule has 1 saturated heterocycles. The number of nitrogens with zero attached hydrogens (tertiary/aromatic N) is 1. The van der Waals surface area contributed by atoms with Crippen LogP contribution in [-0.2, 0) is 0 Å². The lowest BCUT2D eigenvalue weighted by Crippen LogP contribution is -2.35. The van der Waals surface area contributed by atoms with E-state index in [9.17, 15) is 0 Å². The van der Waals surface area contributed by atoms with E-state index in [2.05, 4.69) is 24.0 Å². The van der Waals surface area contributed by atoms with Gasteiger partial charge in [-0.25, -0.2) is 0 Å². The highest BCUT2D eigenvalue weighted by Crippen LogP contribution is 2.35. The van der Waals surface area contributed by atoms with Crippen LogP contribution in [0.4, 0.5) is 5.69 Å². The molecule has 2 fully saturated rings. The van der Waals surface area contributed by atoms with Crippen LogP contribution in [0.1, 0.15) is 63.4 Å². The van der Waals surface area contributed by atoms with Gasteiger partial charge >= 0.3 is 0 Å². The third-order valence-corrected chi connectivity index (χ3v) is 5.71. The van der Waals surface area contributed by atoms with Crippen molar-refractivity contribution in [1.82, 2.24) is 4.90 Å². The predicted molar refractivity (Wildman–Crippen MR) is 90.4 cm³/mol. The fraction of sp³-hybridized carbons (Fsp3) is 0.684. The van der Waals surface area contributed by atoms with Gasteiger partial charge in [0.05, 0.1) is 0 Å². The van der Waals surface area contributed by atoms with Gasteiger partial charge in [0.25, 0.3) is 0 Å². The van der Waals surface area contributed by atoms with Gasteiger partial charge in [-0.05, 0) is 74.7 Å². The Balaban J connectivity index is 1.52. The third kappa shape index (κ3) is 3.60. The number of hydrogen-bond donors (Lipinski definition) is 1. The van der Waals surface area contributed by atoms with Gasteiger partial charge in [-0.1, -0.05) is 31.9 Å². The van der Waals surface area contributed by atoms with Crippen molar-refractivity contribution >= 4 is 5.69 Å². The van der Waals surface area contributed by atoms with Crippen LogP contribution in [0.2, 0.25) is 0 Å². The van der Waals surface area contributed by atoms with Gasteiger partial charge in [-0.2, -0.15) is 0 Å². The second-order valence-electron chi connectivity index (χ2n) is 7.15. The van der Waals surface area contributed by atoms with E-state index in [0.717, 1.165) is 17.6 Å². The lowest BCUT2D eigenvalue weighted by atomic mass is 9.94. The molecule has 1 heterocycles. The molecule has 2 unspecified atom stereocenters. The van der Waals surface area contributed by atoms with Crippen molar-refractivity contribution in [2.75, 3.05) is 18.8 Å². The Bertz CT molecular complexity index is 433. The molecule has 0 aromatic heterocycles. The number of hydrogen-bond acceptors (Lipinski definition) is 2. The van der Waals surface area contributed by atoms with Gasteiger partial charge in [0.1, 0.15) is 0 Å². The standard InChI is InChI=1S/C19H30N2/c1-15(16-8-10-18(20)11-9-16)12-14-21-13-4-7-19(21)17-5-2-3-6-17/h8-11,15,17,19H,2-7,12-14,20H2,1H3. The van der Waals surface area contributed by atoms with Gasteiger partial charge in [0, 0.05) is 11.7 Å². The van der Waals surface area contributed by atoms with Gasteiger partial charge in [0.2, 0.25) is 0 Å². The first-order valence-corrected chi connectivity index (χ1v) is 8.83. The first kappa shape index (κ1) is 14.9. The Morgan fingerprint density at radius 1 is 1.10 bits per heavy atom. The summed E-state index contributed by atoms with van der Waals surface area (Å²) in [7, 11) is 0. The molecule has 21 heavy (non-hydrogen) atoms. The van der Waals surface area contributed by atoms with Crippen molar-refractivity contribution in [3.8, 4) is 0 Å². The lowest BCUT2D eigenvalue weighted by molar-refractivity contribution is 0.185. The van der Waals surface area contributed by atoms with Crippen LogP contribution in [-0.4, -0.2) is 24.0 Å². The van der Waals surface area contributed by atoms with E-state index >= 15 is 0 Å². The maximum absolute atomic E-state index is 5.78. The topological polar surface area (TPSA) is 29.3 Å². The van der Waals surface area contributed by atoms with Crippen molar-refractivity contribution in [2.45, 2.75) is 63.8 Å². The Hall–Kier alpha value is -1.02. The molecule has 0 amide bonds. The molecular formula is C19H30N2. The van der Waals surface area contributed by atoms with Crippen LogP contribution in [0.25, 0.3) is 0 Å². The molecule has 1 aromatic carbocycles. The monoisotopic (exact) mass is 286 g/mol. The normalized spacial score (nSPS) is 25.5. The first-order chi connectivity index (χ1) is 10.2. The second kappa shape index (κ2) is 6.83. The molecule has 1 saturated carbocycles. The van der Waals surface area contributed by atoms with Crippen LogP contribution in [0.3, 0.4) is 0 Å². The number of benzene rings is 1. The number of rotatable bonds is 5. The maximum atomic E-state index is 5.78.